The molecule has 0 unspecified atom stereocenters. The van der Waals surface area contributed by atoms with Gasteiger partial charge in [-0.05, 0) is 37.1 Å². The Hall–Kier alpha value is -2.08. The number of nitrogens with zero attached hydrogens (tertiary/aromatic N) is 3. The van der Waals surface area contributed by atoms with E-state index in [4.69, 9.17) is 0 Å². The molecule has 1 fully saturated rings. The average molecular weight is 481 g/mol. The third-order valence-corrected chi connectivity index (χ3v) is 9.58. The highest BCUT2D eigenvalue weighted by atomic mass is 32.2. The van der Waals surface area contributed by atoms with Gasteiger partial charge in [-0.3, -0.25) is 14.2 Å². The molecule has 0 atom stereocenters. The van der Waals surface area contributed by atoms with E-state index >= 15 is 0 Å². The molecule has 0 bridgehead atoms. The van der Waals surface area contributed by atoms with Gasteiger partial charge in [0, 0.05) is 22.8 Å². The normalized spacial score (nSPS) is 16.1. The van der Waals surface area contributed by atoms with E-state index in [0.29, 0.717) is 35.3 Å². The number of nitrogens with one attached hydrogen (secondary N) is 1. The Morgan fingerprint density at radius 3 is 2.74 bits per heavy atom. The number of thiophene rings is 2. The fraction of sp³-hybridized carbons (Fsp3) is 0.450. The minimum absolute atomic E-state index is 0.0351. The summed E-state index contributed by atoms with van der Waals surface area (Å²) in [6.07, 6.45) is 2.91. The molecule has 8 nitrogen and oxygen atoms in total. The van der Waals surface area contributed by atoms with Crippen molar-refractivity contribution in [1.82, 2.24) is 19.2 Å². The highest BCUT2D eigenvalue weighted by molar-refractivity contribution is 7.89. The molecule has 0 spiro atoms. The van der Waals surface area contributed by atoms with Gasteiger partial charge >= 0.3 is 0 Å². The zero-order valence-corrected chi connectivity index (χ0v) is 19.8. The van der Waals surface area contributed by atoms with E-state index in [0.717, 1.165) is 17.7 Å². The Morgan fingerprint density at radius 1 is 1.32 bits per heavy atom. The molecule has 1 aliphatic rings. The minimum Gasteiger partial charge on any atom is -0.350 e. The van der Waals surface area contributed by atoms with Crippen LogP contribution in [0.3, 0.4) is 0 Å². The number of carbonyl (C=O) groups excluding carboxylic acids is 1. The summed E-state index contributed by atoms with van der Waals surface area (Å²) in [5, 5.41) is 4.78. The van der Waals surface area contributed by atoms with Gasteiger partial charge in [0.2, 0.25) is 15.9 Å². The molecule has 1 N–H and O–H groups in total. The van der Waals surface area contributed by atoms with Gasteiger partial charge in [0.25, 0.3) is 5.56 Å². The molecule has 11 heteroatoms. The minimum atomic E-state index is -3.82. The number of hydrogen-bond donors (Lipinski definition) is 1. The maximum atomic E-state index is 13.4. The monoisotopic (exact) mass is 480 g/mol. The van der Waals surface area contributed by atoms with Crippen LogP contribution in [0.5, 0.6) is 0 Å². The smallest absolute Gasteiger partial charge is 0.263 e. The Kier molecular flexibility index (Phi) is 6.29. The molecule has 1 amide bonds. The third kappa shape index (κ3) is 4.45. The van der Waals surface area contributed by atoms with Crippen LogP contribution in [0.1, 0.15) is 29.5 Å². The van der Waals surface area contributed by atoms with Crippen LogP contribution >= 0.6 is 22.7 Å². The van der Waals surface area contributed by atoms with Crippen LogP contribution in [0.25, 0.3) is 10.2 Å². The number of rotatable bonds is 6. The SMILES string of the molecule is Cc1sc2ncn(CC(=O)NCc3cccs3)c(=O)c2c1S(=O)(=O)N1CCC(C)CC1. The Balaban J connectivity index is 1.64. The van der Waals surface area contributed by atoms with E-state index in [9.17, 15) is 18.0 Å². The summed E-state index contributed by atoms with van der Waals surface area (Å²) in [5.41, 5.74) is -0.510. The lowest BCUT2D eigenvalue weighted by Crippen LogP contribution is -2.38. The van der Waals surface area contributed by atoms with Gasteiger partial charge in [-0.2, -0.15) is 4.31 Å². The van der Waals surface area contributed by atoms with Crippen molar-refractivity contribution in [2.75, 3.05) is 13.1 Å². The van der Waals surface area contributed by atoms with E-state index in [2.05, 4.69) is 17.2 Å². The molecular weight excluding hydrogens is 456 g/mol. The van der Waals surface area contributed by atoms with Gasteiger partial charge in [0.15, 0.2) is 0 Å². The summed E-state index contributed by atoms with van der Waals surface area (Å²) in [6.45, 7) is 4.86. The zero-order valence-electron chi connectivity index (χ0n) is 17.3. The predicted molar refractivity (Wildman–Crippen MR) is 122 cm³/mol. The van der Waals surface area contributed by atoms with E-state index in [1.165, 1.54) is 37.9 Å². The lowest BCUT2D eigenvalue weighted by molar-refractivity contribution is -0.121. The van der Waals surface area contributed by atoms with Gasteiger partial charge in [-0.25, -0.2) is 13.4 Å². The number of piperidine rings is 1. The highest BCUT2D eigenvalue weighted by Gasteiger charge is 2.33. The zero-order chi connectivity index (χ0) is 22.2. The van der Waals surface area contributed by atoms with Crippen LogP contribution in [0.4, 0.5) is 0 Å². The maximum absolute atomic E-state index is 13.4. The van der Waals surface area contributed by atoms with Crippen molar-refractivity contribution in [3.63, 3.8) is 0 Å². The highest BCUT2D eigenvalue weighted by Crippen LogP contribution is 2.34. The second kappa shape index (κ2) is 8.81. The lowest BCUT2D eigenvalue weighted by atomic mass is 10.0. The molecule has 4 heterocycles. The molecule has 31 heavy (non-hydrogen) atoms. The summed E-state index contributed by atoms with van der Waals surface area (Å²) >= 11 is 2.72. The van der Waals surface area contributed by atoms with E-state index in [1.54, 1.807) is 6.92 Å². The molecule has 0 saturated carbocycles. The fourth-order valence-corrected chi connectivity index (χ4v) is 7.48. The molecule has 166 valence electrons. The second-order valence-corrected chi connectivity index (χ2v) is 11.9. The van der Waals surface area contributed by atoms with Gasteiger partial charge in [-0.1, -0.05) is 13.0 Å². The summed E-state index contributed by atoms with van der Waals surface area (Å²) < 4.78 is 29.4. The molecule has 0 radical (unpaired) electrons. The standard InChI is InChI=1S/C20H24N4O4S3/c1-13-5-7-24(8-6-13)31(27,28)18-14(2)30-19-17(18)20(26)23(12-22-19)11-16(25)21-10-15-4-3-9-29-15/h3-4,9,12-13H,5-8,10-11H2,1-2H3,(H,21,25). The molecule has 4 rings (SSSR count). The van der Waals surface area contributed by atoms with Crippen LogP contribution in [-0.2, 0) is 27.9 Å². The number of aromatic nitrogens is 2. The summed E-state index contributed by atoms with van der Waals surface area (Å²) in [5.74, 6) is 0.149. The molecule has 1 saturated heterocycles. The van der Waals surface area contributed by atoms with Gasteiger partial charge in [0.05, 0.1) is 18.3 Å². The Bertz CT molecular complexity index is 1250. The average Bonchev–Trinajstić information content (AvgIpc) is 3.36. The third-order valence-electron chi connectivity index (χ3n) is 5.49. The summed E-state index contributed by atoms with van der Waals surface area (Å²) in [6, 6.07) is 3.82. The van der Waals surface area contributed by atoms with Crippen LogP contribution in [0.2, 0.25) is 0 Å². The number of carbonyl (C=O) groups is 1. The topological polar surface area (TPSA) is 101 Å². The Labute approximate surface area is 188 Å². The molecule has 3 aromatic heterocycles. The molecule has 0 aliphatic carbocycles. The van der Waals surface area contributed by atoms with Crippen molar-refractivity contribution in [3.05, 3.63) is 43.9 Å². The number of sulfonamides is 1. The Morgan fingerprint density at radius 2 is 2.06 bits per heavy atom. The van der Waals surface area contributed by atoms with E-state index in [-0.39, 0.29) is 22.7 Å². The van der Waals surface area contributed by atoms with Crippen molar-refractivity contribution in [3.8, 4) is 0 Å². The van der Waals surface area contributed by atoms with Crippen LogP contribution in [-0.4, -0.2) is 41.3 Å². The number of aryl methyl sites for hydroxylation is 1. The van der Waals surface area contributed by atoms with Gasteiger partial charge < -0.3 is 5.32 Å². The lowest BCUT2D eigenvalue weighted by Gasteiger charge is -2.29. The molecular formula is C20H24N4O4S3. The quantitative estimate of drug-likeness (QED) is 0.584. The van der Waals surface area contributed by atoms with E-state index < -0.39 is 15.6 Å². The first-order valence-corrected chi connectivity index (χ1v) is 13.2. The fourth-order valence-electron chi connectivity index (χ4n) is 3.70. The maximum Gasteiger partial charge on any atom is 0.263 e. The van der Waals surface area contributed by atoms with Crippen molar-refractivity contribution < 1.29 is 13.2 Å². The van der Waals surface area contributed by atoms with Gasteiger partial charge in [0.1, 0.15) is 16.3 Å². The molecule has 3 aromatic rings. The van der Waals surface area contributed by atoms with Gasteiger partial charge in [-0.15, -0.1) is 22.7 Å². The number of hydrogen-bond acceptors (Lipinski definition) is 7. The summed E-state index contributed by atoms with van der Waals surface area (Å²) in [4.78, 5) is 31.8. The van der Waals surface area contributed by atoms with Crippen LogP contribution in [0, 0.1) is 12.8 Å². The first-order chi connectivity index (χ1) is 14.8. The van der Waals surface area contributed by atoms with Crippen LogP contribution in [0.15, 0.2) is 33.5 Å². The molecule has 0 aromatic carbocycles. The first kappa shape index (κ1) is 22.1. The molecule has 1 aliphatic heterocycles. The number of amides is 1. The van der Waals surface area contributed by atoms with Crippen molar-refractivity contribution in [2.45, 2.75) is 44.7 Å². The van der Waals surface area contributed by atoms with Crippen molar-refractivity contribution >= 4 is 48.8 Å². The summed E-state index contributed by atoms with van der Waals surface area (Å²) in [7, 11) is -3.82. The first-order valence-electron chi connectivity index (χ1n) is 10.0. The van der Waals surface area contributed by atoms with Crippen molar-refractivity contribution in [2.24, 2.45) is 5.92 Å². The predicted octanol–water partition coefficient (Wildman–Crippen LogP) is 2.56. The second-order valence-electron chi connectivity index (χ2n) is 7.79. The van der Waals surface area contributed by atoms with Crippen molar-refractivity contribution in [1.29, 1.82) is 0 Å². The number of fused-ring (bicyclic) bond motifs is 1. The van der Waals surface area contributed by atoms with Crippen LogP contribution < -0.4 is 10.9 Å². The van der Waals surface area contributed by atoms with E-state index in [1.807, 2.05) is 17.5 Å². The largest absolute Gasteiger partial charge is 0.350 e.